The number of hydrogen-bond donors (Lipinski definition) is 0. The molecule has 0 N–H and O–H groups in total. The molecule has 0 fully saturated rings. The minimum absolute atomic E-state index is 0.0153. The Morgan fingerprint density at radius 3 is 1.92 bits per heavy atom. The molecule has 0 aliphatic heterocycles. The summed E-state index contributed by atoms with van der Waals surface area (Å²) in [6.45, 7) is 5.53. The lowest BCUT2D eigenvalue weighted by Crippen LogP contribution is -2.27. The van der Waals surface area contributed by atoms with Gasteiger partial charge in [-0.25, -0.2) is 0 Å². The van der Waals surface area contributed by atoms with Gasteiger partial charge in [-0.15, -0.1) is 0 Å². The third-order valence-electron chi connectivity index (χ3n) is 2.03. The first kappa shape index (κ1) is 12.1. The van der Waals surface area contributed by atoms with Crippen molar-refractivity contribution in [1.29, 1.82) is 0 Å². The molecular weight excluding hydrogens is 166 g/mol. The van der Waals surface area contributed by atoms with Crippen molar-refractivity contribution >= 4 is 11.7 Å². The summed E-state index contributed by atoms with van der Waals surface area (Å²) in [5.41, 5.74) is 0. The Balaban J connectivity index is 4.08. The largest absolute Gasteiger partial charge is 0.349 e. The zero-order chi connectivity index (χ0) is 10.6. The van der Waals surface area contributed by atoms with Crippen molar-refractivity contribution in [1.82, 2.24) is 4.90 Å². The number of nitrogens with zero attached hydrogens (tertiary/aromatic N) is 1. The molecule has 76 valence electrons. The van der Waals surface area contributed by atoms with Gasteiger partial charge in [-0.05, 0) is 0 Å². The van der Waals surface area contributed by atoms with Gasteiger partial charge in [0.25, 0.3) is 0 Å². The van der Waals surface area contributed by atoms with Crippen LogP contribution in [0.3, 0.4) is 0 Å². The zero-order valence-electron chi connectivity index (χ0n) is 9.13. The number of ketones is 1. The number of amides is 1. The van der Waals surface area contributed by atoms with Crippen LogP contribution in [0.1, 0.15) is 27.2 Å². The molecule has 0 aromatic rings. The van der Waals surface area contributed by atoms with Crippen LogP contribution in [-0.2, 0) is 9.59 Å². The van der Waals surface area contributed by atoms with Gasteiger partial charge in [0.2, 0.25) is 5.91 Å². The molecule has 0 aromatic heterocycles. The normalized spacial score (nSPS) is 12.8. The maximum Gasteiger partial charge on any atom is 0.222 e. The van der Waals surface area contributed by atoms with E-state index in [-0.39, 0.29) is 23.5 Å². The Kier molecular flexibility index (Phi) is 4.67. The van der Waals surface area contributed by atoms with Gasteiger partial charge >= 0.3 is 0 Å². The Hall–Kier alpha value is -0.860. The van der Waals surface area contributed by atoms with E-state index in [1.807, 2.05) is 20.8 Å². The van der Waals surface area contributed by atoms with Gasteiger partial charge < -0.3 is 4.90 Å². The highest BCUT2D eigenvalue weighted by Gasteiger charge is 2.19. The van der Waals surface area contributed by atoms with Crippen LogP contribution < -0.4 is 0 Å². The van der Waals surface area contributed by atoms with E-state index in [0.29, 0.717) is 6.42 Å². The van der Waals surface area contributed by atoms with Crippen LogP contribution in [0.4, 0.5) is 0 Å². The van der Waals surface area contributed by atoms with E-state index in [1.54, 1.807) is 14.1 Å². The lowest BCUT2D eigenvalue weighted by Gasteiger charge is -2.15. The molecule has 13 heavy (non-hydrogen) atoms. The Morgan fingerprint density at radius 1 is 1.15 bits per heavy atom. The summed E-state index contributed by atoms with van der Waals surface area (Å²) in [5, 5.41) is 0. The number of Topliss-reactive ketones (excluding diaryl/α,β-unsaturated/α-hetero) is 1. The number of carbonyl (C=O) groups excluding carboxylic acids is 2. The average molecular weight is 185 g/mol. The minimum Gasteiger partial charge on any atom is -0.349 e. The van der Waals surface area contributed by atoms with Crippen molar-refractivity contribution < 1.29 is 9.59 Å². The van der Waals surface area contributed by atoms with Crippen LogP contribution in [0, 0.1) is 11.8 Å². The topological polar surface area (TPSA) is 37.4 Å². The van der Waals surface area contributed by atoms with E-state index >= 15 is 0 Å². The van der Waals surface area contributed by atoms with Crippen molar-refractivity contribution in [2.75, 3.05) is 14.1 Å². The highest BCUT2D eigenvalue weighted by atomic mass is 16.2. The van der Waals surface area contributed by atoms with Crippen LogP contribution in [0.2, 0.25) is 0 Å². The number of rotatable bonds is 4. The van der Waals surface area contributed by atoms with Crippen molar-refractivity contribution in [3.05, 3.63) is 0 Å². The molecule has 0 aliphatic carbocycles. The van der Waals surface area contributed by atoms with Crippen molar-refractivity contribution in [2.24, 2.45) is 11.8 Å². The molecule has 1 unspecified atom stereocenters. The quantitative estimate of drug-likeness (QED) is 0.662. The summed E-state index contributed by atoms with van der Waals surface area (Å²) in [6, 6.07) is 0. The van der Waals surface area contributed by atoms with Crippen LogP contribution in [-0.4, -0.2) is 30.7 Å². The number of carbonyl (C=O) groups is 2. The van der Waals surface area contributed by atoms with E-state index < -0.39 is 0 Å². The molecule has 3 heteroatoms. The Bertz CT molecular complexity index is 197. The highest BCUT2D eigenvalue weighted by molar-refractivity contribution is 5.87. The SMILES string of the molecule is CC(C)C(=O)C(C)CC(=O)N(C)C. The molecule has 0 saturated carbocycles. The summed E-state index contributed by atoms with van der Waals surface area (Å²) >= 11 is 0. The molecule has 0 radical (unpaired) electrons. The Morgan fingerprint density at radius 2 is 1.62 bits per heavy atom. The molecule has 0 saturated heterocycles. The summed E-state index contributed by atoms with van der Waals surface area (Å²) in [4.78, 5) is 24.2. The molecule has 0 rings (SSSR count). The lowest BCUT2D eigenvalue weighted by molar-refractivity contribution is -0.134. The molecule has 1 atom stereocenters. The molecular formula is C10H19NO2. The van der Waals surface area contributed by atoms with Crippen molar-refractivity contribution in [2.45, 2.75) is 27.2 Å². The monoisotopic (exact) mass is 185 g/mol. The van der Waals surface area contributed by atoms with E-state index in [9.17, 15) is 9.59 Å². The van der Waals surface area contributed by atoms with Gasteiger partial charge in [-0.1, -0.05) is 20.8 Å². The third-order valence-corrected chi connectivity index (χ3v) is 2.03. The fourth-order valence-corrected chi connectivity index (χ4v) is 1.11. The first-order valence-corrected chi connectivity index (χ1v) is 4.60. The van der Waals surface area contributed by atoms with Crippen molar-refractivity contribution in [3.63, 3.8) is 0 Å². The zero-order valence-corrected chi connectivity index (χ0v) is 9.13. The summed E-state index contributed by atoms with van der Waals surface area (Å²) in [5.74, 6) is 0.0385. The highest BCUT2D eigenvalue weighted by Crippen LogP contribution is 2.11. The molecule has 0 bridgehead atoms. The first-order chi connectivity index (χ1) is 5.86. The second-order valence-electron chi connectivity index (χ2n) is 3.95. The Labute approximate surface area is 80.1 Å². The third kappa shape index (κ3) is 4.06. The van der Waals surface area contributed by atoms with E-state index in [0.717, 1.165) is 0 Å². The average Bonchev–Trinajstić information content (AvgIpc) is 2.02. The second kappa shape index (κ2) is 5.00. The molecule has 0 spiro atoms. The molecule has 0 aliphatic rings. The molecule has 3 nitrogen and oxygen atoms in total. The van der Waals surface area contributed by atoms with Crippen LogP contribution >= 0.6 is 0 Å². The smallest absolute Gasteiger partial charge is 0.222 e. The second-order valence-corrected chi connectivity index (χ2v) is 3.95. The van der Waals surface area contributed by atoms with Gasteiger partial charge in [0.15, 0.2) is 0 Å². The van der Waals surface area contributed by atoms with E-state index in [1.165, 1.54) is 4.90 Å². The number of hydrogen-bond acceptors (Lipinski definition) is 2. The summed E-state index contributed by atoms with van der Waals surface area (Å²) < 4.78 is 0. The van der Waals surface area contributed by atoms with Crippen LogP contribution in [0.5, 0.6) is 0 Å². The first-order valence-electron chi connectivity index (χ1n) is 4.60. The standard InChI is InChI=1S/C10H19NO2/c1-7(2)10(13)8(3)6-9(12)11(4)5/h7-8H,6H2,1-5H3. The maximum atomic E-state index is 11.4. The summed E-state index contributed by atoms with van der Waals surface area (Å²) in [6.07, 6.45) is 0.323. The van der Waals surface area contributed by atoms with Gasteiger partial charge in [-0.2, -0.15) is 0 Å². The predicted molar refractivity (Wildman–Crippen MR) is 52.3 cm³/mol. The van der Waals surface area contributed by atoms with Crippen LogP contribution in [0.25, 0.3) is 0 Å². The van der Waals surface area contributed by atoms with E-state index in [4.69, 9.17) is 0 Å². The molecule has 0 heterocycles. The molecule has 1 amide bonds. The van der Waals surface area contributed by atoms with Crippen LogP contribution in [0.15, 0.2) is 0 Å². The predicted octanol–water partition coefficient (Wildman–Crippen LogP) is 1.33. The summed E-state index contributed by atoms with van der Waals surface area (Å²) in [7, 11) is 3.41. The minimum atomic E-state index is -0.158. The van der Waals surface area contributed by atoms with Gasteiger partial charge in [0, 0.05) is 32.4 Å². The van der Waals surface area contributed by atoms with Crippen molar-refractivity contribution in [3.8, 4) is 0 Å². The van der Waals surface area contributed by atoms with E-state index in [2.05, 4.69) is 0 Å². The molecule has 0 aromatic carbocycles. The fraction of sp³-hybridized carbons (Fsp3) is 0.800. The van der Waals surface area contributed by atoms with Gasteiger partial charge in [-0.3, -0.25) is 9.59 Å². The fourth-order valence-electron chi connectivity index (χ4n) is 1.11. The van der Waals surface area contributed by atoms with Gasteiger partial charge in [0.1, 0.15) is 5.78 Å². The maximum absolute atomic E-state index is 11.4. The van der Waals surface area contributed by atoms with Gasteiger partial charge in [0.05, 0.1) is 0 Å². The lowest BCUT2D eigenvalue weighted by atomic mass is 9.94.